The summed E-state index contributed by atoms with van der Waals surface area (Å²) in [5, 5.41) is 2.41. The lowest BCUT2D eigenvalue weighted by Crippen LogP contribution is -2.56. The molecule has 4 bridgehead atoms. The number of fused-ring (bicyclic) bond motifs is 4. The Morgan fingerprint density at radius 1 is 0.627 bits per heavy atom. The molecule has 5 heteroatoms. The molecule has 4 aliphatic carbocycles. The SMILES string of the molecule is c1ccc(C2(c3ccnc(-n4c5ccccc5c5ccc(Oc6cccc(-[n+]7c[nH]c8ccccc87)c6)cc54)c3)C3CC4CC(C3)CC2C4)cc1. The number of imidazole rings is 1. The van der Waals surface area contributed by atoms with Gasteiger partial charge < -0.3 is 4.74 Å². The number of hydrogen-bond donors (Lipinski definition) is 1. The van der Waals surface area contributed by atoms with Crippen molar-refractivity contribution in [1.82, 2.24) is 14.5 Å². The van der Waals surface area contributed by atoms with Gasteiger partial charge in [0, 0.05) is 34.5 Å². The van der Waals surface area contributed by atoms with Crippen molar-refractivity contribution < 1.29 is 9.30 Å². The number of ether oxygens (including phenoxy) is 1. The first-order valence-electron chi connectivity index (χ1n) is 18.5. The van der Waals surface area contributed by atoms with E-state index in [0.717, 1.165) is 56.9 Å². The fraction of sp³-hybridized carbons (Fsp3) is 0.217. The Morgan fingerprint density at radius 2 is 1.37 bits per heavy atom. The molecule has 0 atom stereocenters. The Balaban J connectivity index is 1.03. The summed E-state index contributed by atoms with van der Waals surface area (Å²) in [6.45, 7) is 0. The van der Waals surface area contributed by atoms with Crippen LogP contribution in [-0.4, -0.2) is 14.5 Å². The quantitative estimate of drug-likeness (QED) is 0.180. The smallest absolute Gasteiger partial charge is 0.247 e. The number of para-hydroxylation sites is 3. The molecule has 248 valence electrons. The van der Waals surface area contributed by atoms with Gasteiger partial charge in [-0.3, -0.25) is 4.57 Å². The third-order valence-electron chi connectivity index (χ3n) is 12.6. The number of benzene rings is 5. The van der Waals surface area contributed by atoms with E-state index in [-0.39, 0.29) is 5.41 Å². The fourth-order valence-electron chi connectivity index (χ4n) is 10.9. The van der Waals surface area contributed by atoms with Gasteiger partial charge in [0.25, 0.3) is 0 Å². The number of aromatic amines is 1. The van der Waals surface area contributed by atoms with Crippen molar-refractivity contribution in [3.05, 3.63) is 157 Å². The monoisotopic (exact) mass is 663 g/mol. The first-order valence-corrected chi connectivity index (χ1v) is 18.5. The second kappa shape index (κ2) is 11.2. The van der Waals surface area contributed by atoms with Crippen LogP contribution in [0.5, 0.6) is 11.5 Å². The van der Waals surface area contributed by atoms with Crippen molar-refractivity contribution in [2.75, 3.05) is 0 Å². The lowest BCUT2D eigenvalue weighted by atomic mass is 9.42. The molecule has 0 spiro atoms. The van der Waals surface area contributed by atoms with Crippen LogP contribution in [0.3, 0.4) is 0 Å². The number of H-pyrrole nitrogens is 1. The van der Waals surface area contributed by atoms with Gasteiger partial charge >= 0.3 is 0 Å². The van der Waals surface area contributed by atoms with E-state index in [4.69, 9.17) is 9.72 Å². The zero-order valence-electron chi connectivity index (χ0n) is 28.5. The first kappa shape index (κ1) is 29.1. The largest absolute Gasteiger partial charge is 0.457 e. The Bertz CT molecular complexity index is 2570. The summed E-state index contributed by atoms with van der Waals surface area (Å²) in [5.41, 5.74) is 8.45. The van der Waals surface area contributed by atoms with Crippen LogP contribution < -0.4 is 9.30 Å². The molecule has 5 aromatic carbocycles. The highest BCUT2D eigenvalue weighted by Crippen LogP contribution is 2.65. The molecule has 4 aliphatic rings. The zero-order chi connectivity index (χ0) is 33.5. The Morgan fingerprint density at radius 3 is 2.24 bits per heavy atom. The summed E-state index contributed by atoms with van der Waals surface area (Å²) in [5.74, 6) is 5.68. The van der Waals surface area contributed by atoms with Crippen molar-refractivity contribution in [3.8, 4) is 23.0 Å². The lowest BCUT2D eigenvalue weighted by Gasteiger charge is -2.62. The van der Waals surface area contributed by atoms with E-state index in [9.17, 15) is 0 Å². The highest BCUT2D eigenvalue weighted by molar-refractivity contribution is 6.09. The van der Waals surface area contributed by atoms with Crippen molar-refractivity contribution in [3.63, 3.8) is 0 Å². The number of aromatic nitrogens is 4. The molecule has 51 heavy (non-hydrogen) atoms. The normalized spacial score (nSPS) is 23.8. The van der Waals surface area contributed by atoms with E-state index < -0.39 is 0 Å². The predicted molar refractivity (Wildman–Crippen MR) is 203 cm³/mol. The maximum Gasteiger partial charge on any atom is 0.247 e. The fourth-order valence-corrected chi connectivity index (χ4v) is 10.9. The summed E-state index contributed by atoms with van der Waals surface area (Å²) in [7, 11) is 0. The maximum atomic E-state index is 6.62. The van der Waals surface area contributed by atoms with E-state index >= 15 is 0 Å². The maximum absolute atomic E-state index is 6.62. The molecule has 1 N–H and O–H groups in total. The van der Waals surface area contributed by atoms with Gasteiger partial charge in [0.1, 0.15) is 23.0 Å². The molecular weight excluding hydrogens is 625 g/mol. The van der Waals surface area contributed by atoms with Gasteiger partial charge in [-0.05, 0) is 121 Å². The molecule has 0 amide bonds. The average molecular weight is 664 g/mol. The van der Waals surface area contributed by atoms with Crippen LogP contribution in [0.4, 0.5) is 0 Å². The number of rotatable bonds is 6. The Kier molecular flexibility index (Phi) is 6.37. The van der Waals surface area contributed by atoms with Crippen molar-refractivity contribution in [2.24, 2.45) is 23.7 Å². The summed E-state index contributed by atoms with van der Waals surface area (Å²) >= 11 is 0. The summed E-state index contributed by atoms with van der Waals surface area (Å²) in [6.07, 6.45) is 10.9. The van der Waals surface area contributed by atoms with Gasteiger partial charge in [-0.15, -0.1) is 0 Å². The van der Waals surface area contributed by atoms with Crippen LogP contribution in [0.25, 0.3) is 44.3 Å². The van der Waals surface area contributed by atoms with E-state index in [1.807, 2.05) is 18.5 Å². The van der Waals surface area contributed by atoms with Crippen LogP contribution in [0.15, 0.2) is 146 Å². The predicted octanol–water partition coefficient (Wildman–Crippen LogP) is 10.5. The number of nitrogens with one attached hydrogen (secondary N) is 1. The van der Waals surface area contributed by atoms with Gasteiger partial charge in [-0.1, -0.05) is 66.7 Å². The third kappa shape index (κ3) is 4.40. The minimum Gasteiger partial charge on any atom is -0.457 e. The second-order valence-electron chi connectivity index (χ2n) is 15.2. The third-order valence-corrected chi connectivity index (χ3v) is 12.6. The van der Waals surface area contributed by atoms with Gasteiger partial charge in [-0.25, -0.2) is 9.97 Å². The molecule has 3 aromatic heterocycles. The molecule has 8 aromatic rings. The summed E-state index contributed by atoms with van der Waals surface area (Å²) in [6, 6.07) is 48.0. The second-order valence-corrected chi connectivity index (χ2v) is 15.2. The topological polar surface area (TPSA) is 46.7 Å². The molecule has 0 saturated heterocycles. The standard InChI is InChI=1S/C46H38N4O/c1-2-9-32(10-3-1)46(34-22-30-21-31(24-34)25-35(46)23-30)33-19-20-47-45(26-33)50-42-15-6-4-13-39(42)40-18-17-38(28-44(40)50)51-37-12-8-11-36(27-37)49-29-48-41-14-5-7-16-43(41)49/h1-20,26-31,34-35H,21-25H2/p+1. The zero-order valence-corrected chi connectivity index (χ0v) is 28.5. The molecule has 0 unspecified atom stereocenters. The molecule has 0 radical (unpaired) electrons. The van der Waals surface area contributed by atoms with Gasteiger partial charge in [0.15, 0.2) is 11.0 Å². The van der Waals surface area contributed by atoms with Crippen molar-refractivity contribution in [1.29, 1.82) is 0 Å². The van der Waals surface area contributed by atoms with Crippen LogP contribution in [-0.2, 0) is 5.41 Å². The van der Waals surface area contributed by atoms with E-state index in [0.29, 0.717) is 11.8 Å². The number of hydrogen-bond acceptors (Lipinski definition) is 2. The van der Waals surface area contributed by atoms with E-state index in [1.165, 1.54) is 54.0 Å². The molecule has 12 rings (SSSR count). The molecule has 4 fully saturated rings. The van der Waals surface area contributed by atoms with Crippen molar-refractivity contribution in [2.45, 2.75) is 37.5 Å². The summed E-state index contributed by atoms with van der Waals surface area (Å²) in [4.78, 5) is 8.49. The lowest BCUT2D eigenvalue weighted by molar-refractivity contribution is -0.567. The van der Waals surface area contributed by atoms with E-state index in [1.54, 1.807) is 0 Å². The highest BCUT2D eigenvalue weighted by atomic mass is 16.5. The van der Waals surface area contributed by atoms with Gasteiger partial charge in [0.2, 0.25) is 6.33 Å². The van der Waals surface area contributed by atoms with Gasteiger partial charge in [0.05, 0.1) is 11.0 Å². The molecule has 3 heterocycles. The van der Waals surface area contributed by atoms with Gasteiger partial charge in [-0.2, -0.15) is 4.57 Å². The Hall–Kier alpha value is -5.68. The molecule has 4 saturated carbocycles. The average Bonchev–Trinajstić information content (AvgIpc) is 3.75. The molecular formula is C46H39N4O+. The van der Waals surface area contributed by atoms with Crippen molar-refractivity contribution >= 4 is 32.8 Å². The number of pyridine rings is 1. The molecule has 0 aliphatic heterocycles. The van der Waals surface area contributed by atoms with E-state index in [2.05, 4.69) is 142 Å². The summed E-state index contributed by atoms with van der Waals surface area (Å²) < 4.78 is 11.1. The Labute approximate surface area is 297 Å². The van der Waals surface area contributed by atoms with Crippen LogP contribution in [0.1, 0.15) is 43.2 Å². The minimum absolute atomic E-state index is 0.0211. The van der Waals surface area contributed by atoms with Crippen LogP contribution in [0, 0.1) is 23.7 Å². The van der Waals surface area contributed by atoms with Crippen LogP contribution in [0.2, 0.25) is 0 Å². The van der Waals surface area contributed by atoms with Crippen LogP contribution >= 0.6 is 0 Å². The highest BCUT2D eigenvalue weighted by Gasteiger charge is 2.58. The number of nitrogens with zero attached hydrogens (tertiary/aromatic N) is 3. The first-order chi connectivity index (χ1) is 25.2. The minimum atomic E-state index is 0.0211. The molecule has 5 nitrogen and oxygen atoms in total.